The van der Waals surface area contributed by atoms with E-state index in [1.54, 1.807) is 4.90 Å². The number of ketones is 1. The fourth-order valence-corrected chi connectivity index (χ4v) is 8.04. The van der Waals surface area contributed by atoms with Crippen molar-refractivity contribution in [2.24, 2.45) is 34.3 Å². The number of fused-ring (bicyclic) bond motifs is 1. The first-order valence-corrected chi connectivity index (χ1v) is 19.4. The standard InChI is InChI=1S/C40H64N6O7/c1-23(2)42-38(52)53-22-30(40(6,7)8)44-37(51)45-31(28-19-25-14-9-10-15-26(25)20-28)36(50)46-17-16-27(21-39(3,4)5)32(46)35(49)43-29(33(47)34(41)48)18-24-12-11-13-24/h9-10,14-15,23-24,27-32,35,43,49H,11-13,16-22H2,1-8H3,(H2,41,48)(H,42,52)(H2,44,45,51)/t27-,29?,30-,31?,32?,35?/m1/s1. The Hall–Kier alpha value is -3.71. The van der Waals surface area contributed by atoms with Crippen LogP contribution in [0.4, 0.5) is 9.59 Å². The third-order valence-corrected chi connectivity index (χ3v) is 11.0. The Morgan fingerprint density at radius 2 is 1.57 bits per heavy atom. The van der Waals surface area contributed by atoms with E-state index in [1.807, 2.05) is 58.9 Å². The highest BCUT2D eigenvalue weighted by Crippen LogP contribution is 2.38. The number of nitrogens with one attached hydrogen (secondary N) is 4. The van der Waals surface area contributed by atoms with Gasteiger partial charge in [0.2, 0.25) is 11.7 Å². The van der Waals surface area contributed by atoms with Gasteiger partial charge in [-0.2, -0.15) is 0 Å². The van der Waals surface area contributed by atoms with E-state index >= 15 is 0 Å². The van der Waals surface area contributed by atoms with Crippen LogP contribution in [0.15, 0.2) is 24.3 Å². The lowest BCUT2D eigenvalue weighted by Crippen LogP contribution is -2.62. The second kappa shape index (κ2) is 17.6. The Bertz CT molecular complexity index is 1440. The SMILES string of the molecule is CC(C)NC(=O)OC[C@@H](NC(=O)NC(C(=O)N1CC[C@H](CC(C)(C)C)C1C(O)NC(CC1CCC1)C(=O)C(N)=O)C1Cc2ccccc2C1)C(C)(C)C. The summed E-state index contributed by atoms with van der Waals surface area (Å²) < 4.78 is 5.45. The number of aliphatic hydroxyl groups is 1. The number of ether oxygens (including phenoxy) is 1. The Labute approximate surface area is 315 Å². The highest BCUT2D eigenvalue weighted by molar-refractivity contribution is 6.37. The van der Waals surface area contributed by atoms with Crippen molar-refractivity contribution < 1.29 is 33.8 Å². The number of amides is 5. The van der Waals surface area contributed by atoms with Crippen molar-refractivity contribution in [3.63, 3.8) is 0 Å². The fraction of sp³-hybridized carbons (Fsp3) is 0.725. The van der Waals surface area contributed by atoms with Crippen LogP contribution in [0.3, 0.4) is 0 Å². The lowest BCUT2D eigenvalue weighted by atomic mass is 9.79. The molecule has 0 radical (unpaired) electrons. The molecule has 5 amide bonds. The number of hydrogen-bond donors (Lipinski definition) is 6. The summed E-state index contributed by atoms with van der Waals surface area (Å²) in [5.41, 5.74) is 7.05. The van der Waals surface area contributed by atoms with Gasteiger partial charge in [0.05, 0.1) is 18.1 Å². The molecule has 0 aromatic heterocycles. The van der Waals surface area contributed by atoms with E-state index in [0.717, 1.165) is 30.4 Å². The number of nitrogens with zero attached hydrogens (tertiary/aromatic N) is 1. The lowest BCUT2D eigenvalue weighted by Gasteiger charge is -2.39. The predicted molar refractivity (Wildman–Crippen MR) is 202 cm³/mol. The number of primary amides is 1. The minimum atomic E-state index is -1.32. The third kappa shape index (κ3) is 11.6. The Morgan fingerprint density at radius 1 is 0.943 bits per heavy atom. The molecule has 6 atom stereocenters. The smallest absolute Gasteiger partial charge is 0.407 e. The summed E-state index contributed by atoms with van der Waals surface area (Å²) >= 11 is 0. The predicted octanol–water partition coefficient (Wildman–Crippen LogP) is 3.79. The number of rotatable bonds is 15. The van der Waals surface area contributed by atoms with E-state index < -0.39 is 59.6 Å². The van der Waals surface area contributed by atoms with Gasteiger partial charge < -0.3 is 36.4 Å². The molecular formula is C40H64N6O7. The van der Waals surface area contributed by atoms with Crippen molar-refractivity contribution in [2.45, 2.75) is 143 Å². The maximum atomic E-state index is 14.9. The first-order valence-electron chi connectivity index (χ1n) is 19.4. The second-order valence-corrected chi connectivity index (χ2v) is 18.1. The van der Waals surface area contributed by atoms with Crippen LogP contribution in [0.5, 0.6) is 0 Å². The van der Waals surface area contributed by atoms with E-state index in [-0.39, 0.29) is 41.7 Å². The number of benzene rings is 1. The van der Waals surface area contributed by atoms with Gasteiger partial charge in [-0.05, 0) is 85.7 Å². The lowest BCUT2D eigenvalue weighted by molar-refractivity contribution is -0.141. The molecule has 2 aliphatic carbocycles. The highest BCUT2D eigenvalue weighted by Gasteiger charge is 2.48. The van der Waals surface area contributed by atoms with E-state index in [0.29, 0.717) is 38.6 Å². The third-order valence-electron chi connectivity index (χ3n) is 11.0. The van der Waals surface area contributed by atoms with Crippen LogP contribution in [0.1, 0.15) is 105 Å². The molecule has 1 heterocycles. The van der Waals surface area contributed by atoms with Gasteiger partial charge in [0, 0.05) is 12.6 Å². The Kier molecular flexibility index (Phi) is 14.0. The van der Waals surface area contributed by atoms with Gasteiger partial charge >= 0.3 is 12.1 Å². The molecule has 1 aromatic carbocycles. The van der Waals surface area contributed by atoms with Gasteiger partial charge in [0.25, 0.3) is 5.91 Å². The zero-order valence-corrected chi connectivity index (χ0v) is 33.0. The van der Waals surface area contributed by atoms with Crippen molar-refractivity contribution >= 4 is 29.7 Å². The van der Waals surface area contributed by atoms with Gasteiger partial charge in [-0.1, -0.05) is 85.1 Å². The highest BCUT2D eigenvalue weighted by atomic mass is 16.5. The number of Topliss-reactive ketones (excluding diaryl/α,β-unsaturated/α-hetero) is 1. The van der Waals surface area contributed by atoms with Gasteiger partial charge in [-0.15, -0.1) is 0 Å². The number of carbonyl (C=O) groups excluding carboxylic acids is 5. The minimum absolute atomic E-state index is 0.0739. The minimum Gasteiger partial charge on any atom is -0.447 e. The molecule has 53 heavy (non-hydrogen) atoms. The maximum absolute atomic E-state index is 14.9. The first-order chi connectivity index (χ1) is 24.7. The number of nitrogens with two attached hydrogens (primary N) is 1. The summed E-state index contributed by atoms with van der Waals surface area (Å²) in [4.78, 5) is 67.8. The van der Waals surface area contributed by atoms with Crippen molar-refractivity contribution in [1.82, 2.24) is 26.2 Å². The molecule has 4 unspecified atom stereocenters. The summed E-state index contributed by atoms with van der Waals surface area (Å²) in [6.45, 7) is 16.0. The number of alkyl carbamates (subject to hydrolysis) is 1. The van der Waals surface area contributed by atoms with E-state index in [4.69, 9.17) is 10.5 Å². The molecule has 4 rings (SSSR count). The van der Waals surface area contributed by atoms with Crippen molar-refractivity contribution in [3.8, 4) is 0 Å². The molecule has 1 aromatic rings. The maximum Gasteiger partial charge on any atom is 0.407 e. The summed E-state index contributed by atoms with van der Waals surface area (Å²) in [5.74, 6) is -2.30. The molecule has 0 bridgehead atoms. The van der Waals surface area contributed by atoms with Crippen LogP contribution in [0.2, 0.25) is 0 Å². The summed E-state index contributed by atoms with van der Waals surface area (Å²) in [6, 6.07) is 4.10. The zero-order chi connectivity index (χ0) is 39.2. The van der Waals surface area contributed by atoms with Crippen LogP contribution in [-0.2, 0) is 32.0 Å². The molecular weight excluding hydrogens is 676 g/mol. The molecule has 1 aliphatic heterocycles. The summed E-state index contributed by atoms with van der Waals surface area (Å²) in [6.07, 6.45) is 3.87. The topological polar surface area (TPSA) is 192 Å². The van der Waals surface area contributed by atoms with E-state index in [9.17, 15) is 29.1 Å². The number of urea groups is 1. The molecule has 13 nitrogen and oxygen atoms in total. The van der Waals surface area contributed by atoms with Gasteiger partial charge in [0.1, 0.15) is 18.9 Å². The number of carbonyl (C=O) groups is 5. The van der Waals surface area contributed by atoms with Crippen molar-refractivity contribution in [1.29, 1.82) is 0 Å². The molecule has 7 N–H and O–H groups in total. The van der Waals surface area contributed by atoms with Crippen molar-refractivity contribution in [2.75, 3.05) is 13.2 Å². The zero-order valence-electron chi connectivity index (χ0n) is 33.0. The van der Waals surface area contributed by atoms with E-state index in [2.05, 4.69) is 42.0 Å². The van der Waals surface area contributed by atoms with Crippen LogP contribution in [0, 0.1) is 28.6 Å². The van der Waals surface area contributed by atoms with Gasteiger partial charge in [-0.25, -0.2) is 9.59 Å². The second-order valence-electron chi connectivity index (χ2n) is 18.1. The largest absolute Gasteiger partial charge is 0.447 e. The number of aliphatic hydroxyl groups excluding tert-OH is 1. The van der Waals surface area contributed by atoms with E-state index in [1.165, 1.54) is 0 Å². The Balaban J connectivity index is 1.61. The van der Waals surface area contributed by atoms with Crippen molar-refractivity contribution in [3.05, 3.63) is 35.4 Å². The number of likely N-dealkylation sites (tertiary alicyclic amines) is 1. The van der Waals surface area contributed by atoms with Gasteiger partial charge in [-0.3, -0.25) is 19.7 Å². The average Bonchev–Trinajstić information content (AvgIpc) is 3.64. The van der Waals surface area contributed by atoms with Crippen LogP contribution >= 0.6 is 0 Å². The van der Waals surface area contributed by atoms with Crippen LogP contribution in [-0.4, -0.2) is 89.3 Å². The normalized spacial score (nSPS) is 21.6. The molecule has 13 heteroatoms. The first kappa shape index (κ1) is 42.0. The molecule has 1 saturated heterocycles. The quantitative estimate of drug-likeness (QED) is 0.116. The molecule has 0 spiro atoms. The molecule has 1 saturated carbocycles. The van der Waals surface area contributed by atoms with Crippen LogP contribution in [0.25, 0.3) is 0 Å². The Morgan fingerprint density at radius 3 is 2.08 bits per heavy atom. The van der Waals surface area contributed by atoms with Crippen LogP contribution < -0.4 is 27.0 Å². The molecule has 2 fully saturated rings. The number of hydrogen-bond acceptors (Lipinski definition) is 8. The summed E-state index contributed by atoms with van der Waals surface area (Å²) in [7, 11) is 0. The molecule has 3 aliphatic rings. The average molecular weight is 741 g/mol. The fourth-order valence-electron chi connectivity index (χ4n) is 8.04. The molecule has 296 valence electrons. The van der Waals surface area contributed by atoms with Gasteiger partial charge in [0.15, 0.2) is 0 Å². The monoisotopic (exact) mass is 740 g/mol. The summed E-state index contributed by atoms with van der Waals surface area (Å²) in [5, 5.41) is 23.6.